The number of nitrogens with zero attached hydrogens (tertiary/aromatic N) is 1. The maximum atomic E-state index is 12.3. The molecule has 1 fully saturated rings. The fourth-order valence-corrected chi connectivity index (χ4v) is 3.35. The van der Waals surface area contributed by atoms with Gasteiger partial charge in [0.05, 0.1) is 12.0 Å². The lowest BCUT2D eigenvalue weighted by Crippen LogP contribution is -2.45. The van der Waals surface area contributed by atoms with E-state index in [1.54, 1.807) is 0 Å². The van der Waals surface area contributed by atoms with Gasteiger partial charge < -0.3 is 4.74 Å². The number of Topliss-reactive ketones (excluding diaryl/α,β-unsaturated/α-hetero) is 1. The molecule has 0 saturated carbocycles. The second kappa shape index (κ2) is 4.60. The zero-order valence-corrected chi connectivity index (χ0v) is 12.9. The van der Waals surface area contributed by atoms with E-state index in [1.165, 1.54) is 0 Å². The van der Waals surface area contributed by atoms with E-state index >= 15 is 0 Å². The molecule has 2 heterocycles. The third kappa shape index (κ3) is 2.32. The number of benzene rings is 1. The van der Waals surface area contributed by atoms with Gasteiger partial charge in [0.2, 0.25) is 0 Å². The van der Waals surface area contributed by atoms with Gasteiger partial charge in [-0.05, 0) is 32.0 Å². The molecule has 1 spiro atoms. The number of rotatable bonds is 1. The molecule has 0 aromatic heterocycles. The molecule has 3 nitrogen and oxygen atoms in total. The Kier molecular flexibility index (Phi) is 3.18. The molecule has 1 aromatic rings. The van der Waals surface area contributed by atoms with Crippen molar-refractivity contribution in [2.75, 3.05) is 13.1 Å². The van der Waals surface area contributed by atoms with Crippen molar-refractivity contribution in [1.29, 1.82) is 0 Å². The molecule has 0 N–H and O–H groups in total. The Bertz CT molecular complexity index is 529. The molecule has 0 radical (unpaired) electrons. The van der Waals surface area contributed by atoms with Crippen LogP contribution in [0.5, 0.6) is 5.75 Å². The van der Waals surface area contributed by atoms with Gasteiger partial charge in [0.15, 0.2) is 5.78 Å². The molecule has 19 heavy (non-hydrogen) atoms. The summed E-state index contributed by atoms with van der Waals surface area (Å²) in [6.45, 7) is 6.24. The number of carbonyl (C=O) groups excluding carboxylic acids is 1. The van der Waals surface area contributed by atoms with Crippen LogP contribution in [0.1, 0.15) is 37.0 Å². The second-order valence-electron chi connectivity index (χ2n) is 5.84. The predicted octanol–water partition coefficient (Wildman–Crippen LogP) is 3.27. The van der Waals surface area contributed by atoms with Gasteiger partial charge in [0.1, 0.15) is 11.4 Å². The molecule has 1 aromatic carbocycles. The summed E-state index contributed by atoms with van der Waals surface area (Å²) in [5.74, 6) is 0.940. The first kappa shape index (κ1) is 13.1. The molecular weight excluding hydrogens is 306 g/mol. The van der Waals surface area contributed by atoms with Crippen LogP contribution in [-0.4, -0.2) is 35.4 Å². The molecular formula is C15H18BrNO2. The van der Waals surface area contributed by atoms with Crippen LogP contribution in [0.3, 0.4) is 0 Å². The molecule has 0 aliphatic carbocycles. The number of carbonyl (C=O) groups is 1. The summed E-state index contributed by atoms with van der Waals surface area (Å²) in [4.78, 5) is 14.7. The van der Waals surface area contributed by atoms with Crippen LogP contribution in [0.25, 0.3) is 0 Å². The van der Waals surface area contributed by atoms with Crippen molar-refractivity contribution in [1.82, 2.24) is 4.90 Å². The number of likely N-dealkylation sites (tertiary alicyclic amines) is 1. The lowest BCUT2D eigenvalue weighted by molar-refractivity contribution is 0.0437. The van der Waals surface area contributed by atoms with E-state index in [9.17, 15) is 4.79 Å². The van der Waals surface area contributed by atoms with Crippen molar-refractivity contribution in [2.45, 2.75) is 38.3 Å². The van der Waals surface area contributed by atoms with Gasteiger partial charge in [-0.25, -0.2) is 0 Å². The molecule has 3 rings (SSSR count). The third-order valence-electron chi connectivity index (χ3n) is 4.13. The van der Waals surface area contributed by atoms with E-state index in [1.807, 2.05) is 18.2 Å². The average Bonchev–Trinajstić information content (AvgIpc) is 2.72. The van der Waals surface area contributed by atoms with E-state index < -0.39 is 0 Å². The smallest absolute Gasteiger partial charge is 0.170 e. The van der Waals surface area contributed by atoms with Crippen LogP contribution in [0, 0.1) is 0 Å². The van der Waals surface area contributed by atoms with Crippen molar-refractivity contribution in [3.8, 4) is 5.75 Å². The average molecular weight is 324 g/mol. The molecule has 102 valence electrons. The maximum absolute atomic E-state index is 12.3. The lowest BCUT2D eigenvalue weighted by Gasteiger charge is -2.35. The van der Waals surface area contributed by atoms with Gasteiger partial charge in [-0.2, -0.15) is 0 Å². The monoisotopic (exact) mass is 323 g/mol. The van der Waals surface area contributed by atoms with Crippen molar-refractivity contribution < 1.29 is 9.53 Å². The Morgan fingerprint density at radius 3 is 2.89 bits per heavy atom. The molecule has 2 aliphatic rings. The molecule has 2 aliphatic heterocycles. The predicted molar refractivity (Wildman–Crippen MR) is 77.8 cm³/mol. The SMILES string of the molecule is CC(C)N1CCC2(CC(=O)c3ccc(Br)cc3O2)C1. The Labute approximate surface area is 122 Å². The topological polar surface area (TPSA) is 29.5 Å². The van der Waals surface area contributed by atoms with E-state index in [2.05, 4.69) is 34.7 Å². The quantitative estimate of drug-likeness (QED) is 0.794. The molecule has 4 heteroatoms. The van der Waals surface area contributed by atoms with Gasteiger partial charge in [0, 0.05) is 30.0 Å². The van der Waals surface area contributed by atoms with Crippen molar-refractivity contribution in [3.05, 3.63) is 28.2 Å². The zero-order valence-electron chi connectivity index (χ0n) is 11.3. The fourth-order valence-electron chi connectivity index (χ4n) is 3.01. The number of fused-ring (bicyclic) bond motifs is 1. The number of halogens is 1. The van der Waals surface area contributed by atoms with Gasteiger partial charge in [-0.15, -0.1) is 0 Å². The number of ketones is 1. The van der Waals surface area contributed by atoms with Crippen LogP contribution >= 0.6 is 15.9 Å². The number of hydrogen-bond acceptors (Lipinski definition) is 3. The fraction of sp³-hybridized carbons (Fsp3) is 0.533. The highest BCUT2D eigenvalue weighted by molar-refractivity contribution is 9.10. The first-order valence-electron chi connectivity index (χ1n) is 6.75. The highest BCUT2D eigenvalue weighted by Crippen LogP contribution is 2.40. The minimum Gasteiger partial charge on any atom is -0.485 e. The molecule has 1 atom stereocenters. The molecule has 0 bridgehead atoms. The van der Waals surface area contributed by atoms with Gasteiger partial charge in [-0.1, -0.05) is 15.9 Å². The molecule has 1 unspecified atom stereocenters. The van der Waals surface area contributed by atoms with E-state index in [0.29, 0.717) is 12.5 Å². The summed E-state index contributed by atoms with van der Waals surface area (Å²) in [5, 5.41) is 0. The normalized spacial score (nSPS) is 26.8. The summed E-state index contributed by atoms with van der Waals surface area (Å²) in [7, 11) is 0. The zero-order chi connectivity index (χ0) is 13.6. The highest BCUT2D eigenvalue weighted by Gasteiger charge is 2.46. The molecule has 1 saturated heterocycles. The summed E-state index contributed by atoms with van der Waals surface area (Å²) < 4.78 is 7.17. The largest absolute Gasteiger partial charge is 0.485 e. The summed E-state index contributed by atoms with van der Waals surface area (Å²) >= 11 is 3.44. The van der Waals surface area contributed by atoms with Crippen molar-refractivity contribution >= 4 is 21.7 Å². The lowest BCUT2D eigenvalue weighted by atomic mass is 9.89. The Hall–Kier alpha value is -0.870. The molecule has 0 amide bonds. The minimum absolute atomic E-state index is 0.208. The Morgan fingerprint density at radius 2 is 2.21 bits per heavy atom. The standard InChI is InChI=1S/C15H18BrNO2/c1-10(2)17-6-5-15(9-17)8-13(18)12-4-3-11(16)7-14(12)19-15/h3-4,7,10H,5-6,8-9H2,1-2H3. The second-order valence-corrected chi connectivity index (χ2v) is 6.76. The third-order valence-corrected chi connectivity index (χ3v) is 4.62. The van der Waals surface area contributed by atoms with E-state index in [0.717, 1.165) is 35.3 Å². The minimum atomic E-state index is -0.310. The summed E-state index contributed by atoms with van der Waals surface area (Å²) in [6, 6.07) is 6.16. The summed E-state index contributed by atoms with van der Waals surface area (Å²) in [6.07, 6.45) is 1.44. The van der Waals surface area contributed by atoms with Gasteiger partial charge >= 0.3 is 0 Å². The van der Waals surface area contributed by atoms with Crippen molar-refractivity contribution in [3.63, 3.8) is 0 Å². The van der Waals surface area contributed by atoms with Crippen LogP contribution in [0.15, 0.2) is 22.7 Å². The van der Waals surface area contributed by atoms with Crippen LogP contribution in [0.4, 0.5) is 0 Å². The first-order valence-corrected chi connectivity index (χ1v) is 7.54. The van der Waals surface area contributed by atoms with E-state index in [-0.39, 0.29) is 11.4 Å². The van der Waals surface area contributed by atoms with Crippen LogP contribution in [0.2, 0.25) is 0 Å². The first-order chi connectivity index (χ1) is 8.99. The van der Waals surface area contributed by atoms with Crippen LogP contribution < -0.4 is 4.74 Å². The Balaban J connectivity index is 1.91. The maximum Gasteiger partial charge on any atom is 0.170 e. The van der Waals surface area contributed by atoms with Gasteiger partial charge in [0.25, 0.3) is 0 Å². The summed E-state index contributed by atoms with van der Waals surface area (Å²) in [5.41, 5.74) is 0.409. The highest BCUT2D eigenvalue weighted by atomic mass is 79.9. The van der Waals surface area contributed by atoms with Crippen LogP contribution in [-0.2, 0) is 0 Å². The number of hydrogen-bond donors (Lipinski definition) is 0. The number of ether oxygens (including phenoxy) is 1. The van der Waals surface area contributed by atoms with Crippen molar-refractivity contribution in [2.24, 2.45) is 0 Å². The Morgan fingerprint density at radius 1 is 1.42 bits per heavy atom. The van der Waals surface area contributed by atoms with E-state index in [4.69, 9.17) is 4.74 Å². The van der Waals surface area contributed by atoms with Gasteiger partial charge in [-0.3, -0.25) is 9.69 Å².